The van der Waals surface area contributed by atoms with Crippen molar-refractivity contribution in [1.29, 1.82) is 0 Å². The highest BCUT2D eigenvalue weighted by Gasteiger charge is 2.19. The Morgan fingerprint density at radius 3 is 2.21 bits per heavy atom. The number of nitrogens with two attached hydrogens (primary N) is 2. The van der Waals surface area contributed by atoms with Gasteiger partial charge < -0.3 is 30.2 Å². The van der Waals surface area contributed by atoms with Crippen LogP contribution < -0.4 is 25.7 Å². The molecule has 144 valence electrons. The lowest BCUT2D eigenvalue weighted by Crippen LogP contribution is -2.02. The number of rotatable bonds is 4. The molecule has 0 atom stereocenters. The van der Waals surface area contributed by atoms with Crippen molar-refractivity contribution in [3.05, 3.63) is 30.5 Å². The third-order valence-corrected chi connectivity index (χ3v) is 4.84. The summed E-state index contributed by atoms with van der Waals surface area (Å²) < 4.78 is 18.5. The van der Waals surface area contributed by atoms with Crippen molar-refractivity contribution in [2.24, 2.45) is 7.05 Å². The van der Waals surface area contributed by atoms with Gasteiger partial charge in [0.15, 0.2) is 11.5 Å². The summed E-state index contributed by atoms with van der Waals surface area (Å²) in [4.78, 5) is 8.51. The Morgan fingerprint density at radius 2 is 1.61 bits per heavy atom. The quantitative estimate of drug-likeness (QED) is 0.561. The summed E-state index contributed by atoms with van der Waals surface area (Å²) in [6.07, 6.45) is 1.97. The molecule has 28 heavy (non-hydrogen) atoms. The molecular formula is C20H21N5O3. The van der Waals surface area contributed by atoms with Crippen molar-refractivity contribution in [2.45, 2.75) is 0 Å². The highest BCUT2D eigenvalue weighted by atomic mass is 16.5. The standard InChI is InChI=1S/C20H21N5O3/c1-25-6-5-11-16-13(23-20(22)24-19(16)21)9-12(17(11)25)10-7-14(26-2)18(28-4)15(8-10)27-3/h5-9H,1-4H3,(H4,21,22,23,24). The van der Waals surface area contributed by atoms with E-state index < -0.39 is 0 Å². The Labute approximate surface area is 161 Å². The normalized spacial score (nSPS) is 11.1. The molecule has 2 aromatic heterocycles. The number of aromatic nitrogens is 3. The van der Waals surface area contributed by atoms with Crippen molar-refractivity contribution < 1.29 is 14.2 Å². The molecule has 8 nitrogen and oxygen atoms in total. The molecule has 0 unspecified atom stereocenters. The first kappa shape index (κ1) is 17.7. The Bertz CT molecular complexity index is 1190. The van der Waals surface area contributed by atoms with Crippen molar-refractivity contribution >= 4 is 33.6 Å². The van der Waals surface area contributed by atoms with Gasteiger partial charge in [-0.25, -0.2) is 4.98 Å². The Morgan fingerprint density at radius 1 is 0.929 bits per heavy atom. The summed E-state index contributed by atoms with van der Waals surface area (Å²) >= 11 is 0. The summed E-state index contributed by atoms with van der Waals surface area (Å²) in [5.74, 6) is 2.17. The molecule has 0 fully saturated rings. The van der Waals surface area contributed by atoms with Crippen molar-refractivity contribution in [1.82, 2.24) is 14.5 Å². The Hall–Kier alpha value is -3.68. The minimum atomic E-state index is 0.135. The number of hydrogen-bond donors (Lipinski definition) is 2. The number of benzene rings is 2. The summed E-state index contributed by atoms with van der Waals surface area (Å²) in [6.45, 7) is 0. The Balaban J connectivity index is 2.13. The van der Waals surface area contributed by atoms with Crippen LogP contribution in [0.15, 0.2) is 30.5 Å². The fourth-order valence-electron chi connectivity index (χ4n) is 3.62. The zero-order valence-electron chi connectivity index (χ0n) is 16.1. The van der Waals surface area contributed by atoms with Crippen molar-refractivity contribution in [3.8, 4) is 28.4 Å². The molecule has 8 heteroatoms. The van der Waals surface area contributed by atoms with Crippen LogP contribution >= 0.6 is 0 Å². The average Bonchev–Trinajstić information content (AvgIpc) is 3.07. The van der Waals surface area contributed by atoms with Gasteiger partial charge in [0.25, 0.3) is 0 Å². The molecule has 4 rings (SSSR count). The number of fused-ring (bicyclic) bond motifs is 3. The van der Waals surface area contributed by atoms with Crippen LogP contribution in [-0.2, 0) is 7.05 Å². The minimum absolute atomic E-state index is 0.135. The van der Waals surface area contributed by atoms with Gasteiger partial charge in [-0.1, -0.05) is 0 Å². The second kappa shape index (κ2) is 6.49. The number of hydrogen-bond acceptors (Lipinski definition) is 7. The van der Waals surface area contributed by atoms with E-state index in [4.69, 9.17) is 25.7 Å². The van der Waals surface area contributed by atoms with Crippen LogP contribution in [0.1, 0.15) is 0 Å². The van der Waals surface area contributed by atoms with Crippen LogP contribution in [0.3, 0.4) is 0 Å². The fourth-order valence-corrected chi connectivity index (χ4v) is 3.62. The number of methoxy groups -OCH3 is 3. The largest absolute Gasteiger partial charge is 0.493 e. The Kier molecular flexibility index (Phi) is 4.11. The first-order valence-electron chi connectivity index (χ1n) is 8.59. The van der Waals surface area contributed by atoms with Gasteiger partial charge in [-0.05, 0) is 29.8 Å². The molecule has 0 saturated heterocycles. The van der Waals surface area contributed by atoms with E-state index in [1.165, 1.54) is 0 Å². The van der Waals surface area contributed by atoms with Gasteiger partial charge in [-0.15, -0.1) is 0 Å². The molecule has 0 bridgehead atoms. The zero-order valence-corrected chi connectivity index (χ0v) is 16.1. The maximum atomic E-state index is 6.15. The molecule has 0 aliphatic heterocycles. The predicted molar refractivity (Wildman–Crippen MR) is 110 cm³/mol. The second-order valence-corrected chi connectivity index (χ2v) is 6.39. The van der Waals surface area contributed by atoms with Gasteiger partial charge in [0.05, 0.1) is 37.7 Å². The first-order chi connectivity index (χ1) is 13.5. The third-order valence-electron chi connectivity index (χ3n) is 4.84. The van der Waals surface area contributed by atoms with E-state index >= 15 is 0 Å². The van der Waals surface area contributed by atoms with E-state index in [1.807, 2.05) is 42.1 Å². The lowest BCUT2D eigenvalue weighted by molar-refractivity contribution is 0.324. The van der Waals surface area contributed by atoms with Crippen LogP contribution in [0.2, 0.25) is 0 Å². The van der Waals surface area contributed by atoms with E-state index in [0.29, 0.717) is 28.6 Å². The summed E-state index contributed by atoms with van der Waals surface area (Å²) in [6, 6.07) is 7.76. The molecule has 2 heterocycles. The summed E-state index contributed by atoms with van der Waals surface area (Å²) in [5, 5.41) is 1.72. The fraction of sp³-hybridized carbons (Fsp3) is 0.200. The van der Waals surface area contributed by atoms with Crippen molar-refractivity contribution in [3.63, 3.8) is 0 Å². The average molecular weight is 379 g/mol. The lowest BCUT2D eigenvalue weighted by Gasteiger charge is -2.16. The smallest absolute Gasteiger partial charge is 0.222 e. The third kappa shape index (κ3) is 2.53. The van der Waals surface area contributed by atoms with Gasteiger partial charge in [0.2, 0.25) is 11.7 Å². The van der Waals surface area contributed by atoms with Crippen LogP contribution in [-0.4, -0.2) is 35.9 Å². The van der Waals surface area contributed by atoms with Crippen LogP contribution in [0, 0.1) is 0 Å². The van der Waals surface area contributed by atoms with Gasteiger partial charge >= 0.3 is 0 Å². The number of anilines is 2. The molecule has 0 spiro atoms. The van der Waals surface area contributed by atoms with E-state index in [1.54, 1.807) is 21.3 Å². The zero-order chi connectivity index (χ0) is 20.0. The maximum absolute atomic E-state index is 6.15. The second-order valence-electron chi connectivity index (χ2n) is 6.39. The number of nitrogen functional groups attached to an aromatic ring is 2. The topological polar surface area (TPSA) is 110 Å². The minimum Gasteiger partial charge on any atom is -0.493 e. The highest BCUT2D eigenvalue weighted by molar-refractivity contribution is 6.15. The van der Waals surface area contributed by atoms with Crippen LogP contribution in [0.4, 0.5) is 11.8 Å². The monoisotopic (exact) mass is 379 g/mol. The van der Waals surface area contributed by atoms with Gasteiger partial charge in [0, 0.05) is 24.2 Å². The number of ether oxygens (including phenoxy) is 3. The van der Waals surface area contributed by atoms with E-state index in [2.05, 4.69) is 9.97 Å². The van der Waals surface area contributed by atoms with E-state index in [-0.39, 0.29) is 5.95 Å². The highest BCUT2D eigenvalue weighted by Crippen LogP contribution is 2.44. The van der Waals surface area contributed by atoms with Crippen LogP contribution in [0.5, 0.6) is 17.2 Å². The molecule has 0 saturated carbocycles. The molecule has 2 aromatic carbocycles. The van der Waals surface area contributed by atoms with Crippen LogP contribution in [0.25, 0.3) is 32.9 Å². The first-order valence-corrected chi connectivity index (χ1v) is 8.59. The number of aryl methyl sites for hydroxylation is 1. The van der Waals surface area contributed by atoms with E-state index in [0.717, 1.165) is 27.4 Å². The number of nitrogens with zero attached hydrogens (tertiary/aromatic N) is 3. The lowest BCUT2D eigenvalue weighted by atomic mass is 9.99. The summed E-state index contributed by atoms with van der Waals surface area (Å²) in [7, 11) is 6.74. The predicted octanol–water partition coefficient (Wildman–Crippen LogP) is 2.98. The maximum Gasteiger partial charge on any atom is 0.222 e. The van der Waals surface area contributed by atoms with Crippen molar-refractivity contribution in [2.75, 3.05) is 32.8 Å². The summed E-state index contributed by atoms with van der Waals surface area (Å²) in [5.41, 5.74) is 15.5. The van der Waals surface area contributed by atoms with Gasteiger partial charge in [0.1, 0.15) is 5.82 Å². The molecule has 0 radical (unpaired) electrons. The molecule has 0 amide bonds. The SMILES string of the molecule is COc1cc(-c2cc3nc(N)nc(N)c3c3ccn(C)c23)cc(OC)c1OC. The molecule has 0 aliphatic carbocycles. The molecule has 4 N–H and O–H groups in total. The van der Waals surface area contributed by atoms with Gasteiger partial charge in [-0.2, -0.15) is 4.98 Å². The van der Waals surface area contributed by atoms with Gasteiger partial charge in [-0.3, -0.25) is 0 Å². The molecule has 0 aliphatic rings. The molecule has 4 aromatic rings. The molecular weight excluding hydrogens is 358 g/mol. The van der Waals surface area contributed by atoms with E-state index in [9.17, 15) is 0 Å².